The van der Waals surface area contributed by atoms with Gasteiger partial charge in [-0.25, -0.2) is 0 Å². The number of amides is 2. The van der Waals surface area contributed by atoms with Gasteiger partial charge in [-0.05, 0) is 54.3 Å². The monoisotopic (exact) mass is 440 g/mol. The number of hydrogen-bond acceptors (Lipinski definition) is 6. The first-order valence-corrected chi connectivity index (χ1v) is 10.7. The first-order valence-electron chi connectivity index (χ1n) is 9.77. The van der Waals surface area contributed by atoms with Gasteiger partial charge < -0.3 is 14.2 Å². The van der Waals surface area contributed by atoms with Gasteiger partial charge in [0.1, 0.15) is 12.4 Å². The van der Waals surface area contributed by atoms with Gasteiger partial charge in [0.25, 0.3) is 11.8 Å². The number of nitrogens with one attached hydrogen (secondary N) is 2. The molecule has 2 aromatic carbocycles. The molecule has 0 unspecified atom stereocenters. The van der Waals surface area contributed by atoms with Crippen molar-refractivity contribution in [2.75, 3.05) is 13.7 Å². The van der Waals surface area contributed by atoms with Gasteiger partial charge in [-0.3, -0.25) is 20.4 Å². The van der Waals surface area contributed by atoms with Gasteiger partial charge in [0.2, 0.25) is 0 Å². The van der Waals surface area contributed by atoms with Crippen molar-refractivity contribution in [1.29, 1.82) is 0 Å². The van der Waals surface area contributed by atoms with Crippen LogP contribution >= 0.6 is 11.3 Å². The Kier molecular flexibility index (Phi) is 7.89. The van der Waals surface area contributed by atoms with E-state index in [0.29, 0.717) is 41.6 Å². The molecule has 0 aliphatic heterocycles. The van der Waals surface area contributed by atoms with Crippen LogP contribution < -0.4 is 25.1 Å². The number of thiophene rings is 1. The summed E-state index contributed by atoms with van der Waals surface area (Å²) in [4.78, 5) is 26.0. The van der Waals surface area contributed by atoms with E-state index in [1.165, 1.54) is 7.11 Å². The van der Waals surface area contributed by atoms with Crippen molar-refractivity contribution >= 4 is 23.2 Å². The normalized spacial score (nSPS) is 10.3. The van der Waals surface area contributed by atoms with E-state index in [4.69, 9.17) is 14.2 Å². The summed E-state index contributed by atoms with van der Waals surface area (Å²) in [5, 5.41) is 1.98. The van der Waals surface area contributed by atoms with Crippen molar-refractivity contribution in [2.24, 2.45) is 0 Å². The fourth-order valence-electron chi connectivity index (χ4n) is 2.67. The van der Waals surface area contributed by atoms with Gasteiger partial charge >= 0.3 is 0 Å². The second-order valence-corrected chi connectivity index (χ2v) is 7.55. The van der Waals surface area contributed by atoms with E-state index in [-0.39, 0.29) is 0 Å². The Morgan fingerprint density at radius 1 is 0.903 bits per heavy atom. The van der Waals surface area contributed by atoms with E-state index in [1.807, 2.05) is 24.4 Å². The van der Waals surface area contributed by atoms with Crippen LogP contribution in [0, 0.1) is 0 Å². The summed E-state index contributed by atoms with van der Waals surface area (Å²) in [6, 6.07) is 15.5. The molecule has 31 heavy (non-hydrogen) atoms. The third-order valence-corrected chi connectivity index (χ3v) is 5.08. The third-order valence-electron chi connectivity index (χ3n) is 4.23. The number of hydrogen-bond donors (Lipinski definition) is 2. The Hall–Kier alpha value is -3.52. The lowest BCUT2D eigenvalue weighted by Gasteiger charge is -2.12. The molecule has 0 atom stereocenters. The average molecular weight is 441 g/mol. The van der Waals surface area contributed by atoms with Crippen LogP contribution in [-0.2, 0) is 6.61 Å². The third kappa shape index (κ3) is 6.23. The van der Waals surface area contributed by atoms with Gasteiger partial charge in [-0.15, -0.1) is 11.3 Å². The van der Waals surface area contributed by atoms with Crippen molar-refractivity contribution in [1.82, 2.24) is 10.9 Å². The molecule has 0 aliphatic carbocycles. The highest BCUT2D eigenvalue weighted by atomic mass is 32.1. The predicted octanol–water partition coefficient (Wildman–Crippen LogP) is 4.20. The van der Waals surface area contributed by atoms with Gasteiger partial charge in [0.05, 0.1) is 13.7 Å². The maximum Gasteiger partial charge on any atom is 0.269 e. The minimum absolute atomic E-state index is 0.328. The van der Waals surface area contributed by atoms with Crippen molar-refractivity contribution in [2.45, 2.75) is 20.0 Å². The molecule has 1 aromatic heterocycles. The second-order valence-electron chi connectivity index (χ2n) is 6.52. The summed E-state index contributed by atoms with van der Waals surface area (Å²) >= 11 is 1.60. The summed E-state index contributed by atoms with van der Waals surface area (Å²) in [7, 11) is 1.51. The van der Waals surface area contributed by atoms with Crippen LogP contribution in [-0.4, -0.2) is 25.5 Å². The molecular formula is C23H24N2O5S. The number of hydrazine groups is 1. The topological polar surface area (TPSA) is 85.9 Å². The van der Waals surface area contributed by atoms with Gasteiger partial charge in [0.15, 0.2) is 11.5 Å². The van der Waals surface area contributed by atoms with E-state index < -0.39 is 11.8 Å². The van der Waals surface area contributed by atoms with Crippen LogP contribution in [0.4, 0.5) is 0 Å². The molecule has 0 radical (unpaired) electrons. The lowest BCUT2D eigenvalue weighted by Crippen LogP contribution is -2.41. The van der Waals surface area contributed by atoms with Gasteiger partial charge in [0, 0.05) is 16.0 Å². The zero-order valence-corrected chi connectivity index (χ0v) is 18.2. The first-order chi connectivity index (χ1) is 15.1. The minimum Gasteiger partial charge on any atom is -0.493 e. The Morgan fingerprint density at radius 2 is 1.68 bits per heavy atom. The molecule has 0 spiro atoms. The van der Waals surface area contributed by atoms with Crippen molar-refractivity contribution in [3.05, 3.63) is 76.0 Å². The van der Waals surface area contributed by atoms with Crippen molar-refractivity contribution in [3.8, 4) is 17.2 Å². The minimum atomic E-state index is -0.473. The van der Waals surface area contributed by atoms with Crippen LogP contribution in [0.5, 0.6) is 17.2 Å². The highest BCUT2D eigenvalue weighted by Gasteiger charge is 2.13. The SMILES string of the molecule is CCCOc1ccc(C(=O)NNC(=O)c2cccc(OCc3cccs3)c2)cc1OC. The number of carbonyl (C=O) groups is 2. The molecule has 2 N–H and O–H groups in total. The first kappa shape index (κ1) is 22.2. The quantitative estimate of drug-likeness (QED) is 0.487. The van der Waals surface area contributed by atoms with Crippen molar-refractivity contribution in [3.63, 3.8) is 0 Å². The van der Waals surface area contributed by atoms with E-state index in [1.54, 1.807) is 53.8 Å². The highest BCUT2D eigenvalue weighted by Crippen LogP contribution is 2.28. The molecule has 0 bridgehead atoms. The molecule has 3 rings (SSSR count). The maximum atomic E-state index is 12.4. The van der Waals surface area contributed by atoms with Crippen LogP contribution in [0.2, 0.25) is 0 Å². The van der Waals surface area contributed by atoms with Crippen molar-refractivity contribution < 1.29 is 23.8 Å². The molecule has 7 nitrogen and oxygen atoms in total. The van der Waals surface area contributed by atoms with E-state index in [9.17, 15) is 9.59 Å². The van der Waals surface area contributed by atoms with Crippen LogP contribution in [0.3, 0.4) is 0 Å². The molecule has 162 valence electrons. The maximum absolute atomic E-state index is 12.4. The summed E-state index contributed by atoms with van der Waals surface area (Å²) in [6.45, 7) is 2.98. The smallest absolute Gasteiger partial charge is 0.269 e. The lowest BCUT2D eigenvalue weighted by atomic mass is 10.2. The predicted molar refractivity (Wildman–Crippen MR) is 119 cm³/mol. The van der Waals surface area contributed by atoms with Gasteiger partial charge in [-0.1, -0.05) is 19.1 Å². The average Bonchev–Trinajstić information content (AvgIpc) is 3.33. The number of rotatable bonds is 9. The number of ether oxygens (including phenoxy) is 3. The molecule has 0 fully saturated rings. The summed E-state index contributed by atoms with van der Waals surface area (Å²) in [5.41, 5.74) is 5.52. The molecule has 2 amide bonds. The molecule has 0 aliphatic rings. The van der Waals surface area contributed by atoms with E-state index >= 15 is 0 Å². The Balaban J connectivity index is 1.57. The lowest BCUT2D eigenvalue weighted by molar-refractivity contribution is 0.0846. The Labute approximate surface area is 184 Å². The summed E-state index contributed by atoms with van der Waals surface area (Å²) in [5.74, 6) is 0.649. The fraction of sp³-hybridized carbons (Fsp3) is 0.217. The molecule has 3 aromatic rings. The largest absolute Gasteiger partial charge is 0.493 e. The molecular weight excluding hydrogens is 416 g/mol. The van der Waals surface area contributed by atoms with Crippen LogP contribution in [0.15, 0.2) is 60.0 Å². The molecule has 0 saturated carbocycles. The van der Waals surface area contributed by atoms with Gasteiger partial charge in [-0.2, -0.15) is 0 Å². The number of carbonyl (C=O) groups excluding carboxylic acids is 2. The van der Waals surface area contributed by atoms with Crippen LogP contribution in [0.1, 0.15) is 38.9 Å². The zero-order chi connectivity index (χ0) is 22.1. The second kappa shape index (κ2) is 11.0. The Bertz CT molecular complexity index is 1020. The Morgan fingerprint density at radius 3 is 2.35 bits per heavy atom. The van der Waals surface area contributed by atoms with E-state index in [0.717, 1.165) is 11.3 Å². The summed E-state index contributed by atoms with van der Waals surface area (Å²) in [6.07, 6.45) is 0.859. The highest BCUT2D eigenvalue weighted by molar-refractivity contribution is 7.09. The number of benzene rings is 2. The zero-order valence-electron chi connectivity index (χ0n) is 17.3. The number of methoxy groups -OCH3 is 1. The summed E-state index contributed by atoms with van der Waals surface area (Å²) < 4.78 is 16.6. The molecule has 1 heterocycles. The fourth-order valence-corrected chi connectivity index (χ4v) is 3.29. The standard InChI is InChI=1S/C23H24N2O5S/c1-3-11-29-20-10-9-17(14-21(20)28-2)23(27)25-24-22(26)16-6-4-7-18(13-16)30-15-19-8-5-12-31-19/h4-10,12-14H,3,11,15H2,1-2H3,(H,24,26)(H,25,27). The molecule has 8 heteroatoms. The van der Waals surface area contributed by atoms with Crippen LogP contribution in [0.25, 0.3) is 0 Å². The molecule has 0 saturated heterocycles. The van der Waals surface area contributed by atoms with E-state index in [2.05, 4.69) is 10.9 Å².